The van der Waals surface area contributed by atoms with E-state index < -0.39 is 0 Å². The number of carbonyl (C=O) groups is 1. The Labute approximate surface area is 135 Å². The van der Waals surface area contributed by atoms with Crippen molar-refractivity contribution in [3.8, 4) is 5.82 Å². The van der Waals surface area contributed by atoms with E-state index in [9.17, 15) is 4.79 Å². The number of aryl methyl sites for hydroxylation is 2. The number of nitrogens with zero attached hydrogens (tertiary/aromatic N) is 5. The quantitative estimate of drug-likeness (QED) is 0.802. The summed E-state index contributed by atoms with van der Waals surface area (Å²) in [4.78, 5) is 22.8. The van der Waals surface area contributed by atoms with Crippen LogP contribution in [0.25, 0.3) is 5.82 Å². The number of ether oxygens (including phenoxy) is 1. The molecule has 0 aliphatic carbocycles. The predicted molar refractivity (Wildman–Crippen MR) is 85.6 cm³/mol. The van der Waals surface area contributed by atoms with Gasteiger partial charge in [-0.15, -0.1) is 0 Å². The molecule has 2 aromatic rings. The fourth-order valence-corrected chi connectivity index (χ4v) is 3.01. The van der Waals surface area contributed by atoms with Gasteiger partial charge in [0.15, 0.2) is 5.82 Å². The monoisotopic (exact) mass is 315 g/mol. The summed E-state index contributed by atoms with van der Waals surface area (Å²) in [6.07, 6.45) is 5.22. The van der Waals surface area contributed by atoms with Gasteiger partial charge in [-0.2, -0.15) is 5.10 Å². The Morgan fingerprint density at radius 2 is 2.09 bits per heavy atom. The molecule has 1 aliphatic rings. The molecule has 0 unspecified atom stereocenters. The first-order chi connectivity index (χ1) is 11.1. The van der Waals surface area contributed by atoms with Gasteiger partial charge >= 0.3 is 5.97 Å². The number of methoxy groups -OCH3 is 1. The molecule has 23 heavy (non-hydrogen) atoms. The first-order valence-electron chi connectivity index (χ1n) is 7.77. The molecular formula is C16H21N5O2. The normalized spacial score (nSPS) is 18.0. The second kappa shape index (κ2) is 6.36. The summed E-state index contributed by atoms with van der Waals surface area (Å²) in [7, 11) is 1.44. The predicted octanol–water partition coefficient (Wildman–Crippen LogP) is 1.67. The SMILES string of the molecule is COC(=O)[C@H]1CCCN(c2cncc(-n3nc(C)cc3C)n2)C1. The number of hydrogen-bond acceptors (Lipinski definition) is 6. The maximum atomic E-state index is 11.8. The molecule has 7 nitrogen and oxygen atoms in total. The number of piperidine rings is 1. The minimum atomic E-state index is -0.155. The van der Waals surface area contributed by atoms with Gasteiger partial charge < -0.3 is 9.64 Å². The van der Waals surface area contributed by atoms with Crippen molar-refractivity contribution in [1.29, 1.82) is 0 Å². The summed E-state index contributed by atoms with van der Waals surface area (Å²) in [5.41, 5.74) is 1.96. The summed E-state index contributed by atoms with van der Waals surface area (Å²) >= 11 is 0. The van der Waals surface area contributed by atoms with E-state index in [1.807, 2.05) is 19.9 Å². The van der Waals surface area contributed by atoms with E-state index in [0.29, 0.717) is 12.4 Å². The van der Waals surface area contributed by atoms with E-state index in [-0.39, 0.29) is 11.9 Å². The molecular weight excluding hydrogens is 294 g/mol. The van der Waals surface area contributed by atoms with Crippen LogP contribution < -0.4 is 4.90 Å². The number of esters is 1. The van der Waals surface area contributed by atoms with Gasteiger partial charge in [0.05, 0.1) is 31.1 Å². The number of hydrogen-bond donors (Lipinski definition) is 0. The highest BCUT2D eigenvalue weighted by atomic mass is 16.5. The van der Waals surface area contributed by atoms with Crippen molar-refractivity contribution in [2.24, 2.45) is 5.92 Å². The molecule has 3 heterocycles. The molecule has 1 fully saturated rings. The molecule has 0 bridgehead atoms. The maximum Gasteiger partial charge on any atom is 0.310 e. The third-order valence-electron chi connectivity index (χ3n) is 4.12. The van der Waals surface area contributed by atoms with Crippen molar-refractivity contribution in [2.75, 3.05) is 25.1 Å². The zero-order chi connectivity index (χ0) is 16.4. The van der Waals surface area contributed by atoms with Crippen molar-refractivity contribution in [1.82, 2.24) is 19.7 Å². The van der Waals surface area contributed by atoms with Crippen molar-refractivity contribution < 1.29 is 9.53 Å². The highest BCUT2D eigenvalue weighted by Crippen LogP contribution is 2.23. The van der Waals surface area contributed by atoms with Gasteiger partial charge in [-0.25, -0.2) is 9.67 Å². The number of rotatable bonds is 3. The van der Waals surface area contributed by atoms with E-state index in [1.165, 1.54) is 7.11 Å². The van der Waals surface area contributed by atoms with Crippen LogP contribution in [0.15, 0.2) is 18.5 Å². The largest absolute Gasteiger partial charge is 0.469 e. The number of aromatic nitrogens is 4. The first kappa shape index (κ1) is 15.5. The van der Waals surface area contributed by atoms with Gasteiger partial charge in [-0.1, -0.05) is 0 Å². The summed E-state index contributed by atoms with van der Waals surface area (Å²) in [6, 6.07) is 2.00. The Morgan fingerprint density at radius 1 is 1.30 bits per heavy atom. The summed E-state index contributed by atoms with van der Waals surface area (Å²) in [5.74, 6) is 1.20. The lowest BCUT2D eigenvalue weighted by molar-refractivity contribution is -0.145. The smallest absolute Gasteiger partial charge is 0.310 e. The third kappa shape index (κ3) is 3.18. The van der Waals surface area contributed by atoms with Crippen LogP contribution in [0.1, 0.15) is 24.2 Å². The molecule has 7 heteroatoms. The van der Waals surface area contributed by atoms with Gasteiger partial charge in [-0.05, 0) is 32.8 Å². The molecule has 0 amide bonds. The zero-order valence-corrected chi connectivity index (χ0v) is 13.7. The van der Waals surface area contributed by atoms with Gasteiger partial charge in [0.25, 0.3) is 0 Å². The third-order valence-corrected chi connectivity index (χ3v) is 4.12. The van der Waals surface area contributed by atoms with Crippen LogP contribution in [-0.4, -0.2) is 45.9 Å². The fourth-order valence-electron chi connectivity index (χ4n) is 3.01. The Kier molecular flexibility index (Phi) is 4.27. The molecule has 2 aromatic heterocycles. The van der Waals surface area contributed by atoms with Crippen LogP contribution >= 0.6 is 0 Å². The highest BCUT2D eigenvalue weighted by Gasteiger charge is 2.27. The molecule has 1 saturated heterocycles. The van der Waals surface area contributed by atoms with E-state index in [0.717, 1.165) is 36.6 Å². The van der Waals surface area contributed by atoms with Crippen LogP contribution in [0.4, 0.5) is 5.82 Å². The topological polar surface area (TPSA) is 73.1 Å². The summed E-state index contributed by atoms with van der Waals surface area (Å²) in [6.45, 7) is 5.42. The van der Waals surface area contributed by atoms with Gasteiger partial charge in [-0.3, -0.25) is 9.78 Å². The lowest BCUT2D eigenvalue weighted by atomic mass is 9.98. The molecule has 1 atom stereocenters. The molecule has 0 aromatic carbocycles. The van der Waals surface area contributed by atoms with Gasteiger partial charge in [0.1, 0.15) is 5.82 Å². The van der Waals surface area contributed by atoms with E-state index in [4.69, 9.17) is 4.74 Å². The average Bonchev–Trinajstić information content (AvgIpc) is 2.93. The van der Waals surface area contributed by atoms with E-state index >= 15 is 0 Å². The Morgan fingerprint density at radius 3 is 2.78 bits per heavy atom. The minimum Gasteiger partial charge on any atom is -0.469 e. The second-order valence-corrected chi connectivity index (χ2v) is 5.88. The maximum absolute atomic E-state index is 11.8. The standard InChI is InChI=1S/C16H21N5O2/c1-11-7-12(2)21(19-11)15-9-17-8-14(18-15)20-6-4-5-13(10-20)16(22)23-3/h7-9,13H,4-6,10H2,1-3H3/t13-/m0/s1. The van der Waals surface area contributed by atoms with Crippen molar-refractivity contribution in [3.05, 3.63) is 29.8 Å². The molecule has 3 rings (SSSR count). The molecule has 0 N–H and O–H groups in total. The molecule has 0 spiro atoms. The Hall–Kier alpha value is -2.44. The van der Waals surface area contributed by atoms with Crippen LogP contribution in [-0.2, 0) is 9.53 Å². The molecule has 1 aliphatic heterocycles. The summed E-state index contributed by atoms with van der Waals surface area (Å²) in [5, 5.41) is 4.44. The molecule has 0 saturated carbocycles. The summed E-state index contributed by atoms with van der Waals surface area (Å²) < 4.78 is 6.65. The van der Waals surface area contributed by atoms with Gasteiger partial charge in [0.2, 0.25) is 0 Å². The second-order valence-electron chi connectivity index (χ2n) is 5.88. The Bertz CT molecular complexity index is 712. The fraction of sp³-hybridized carbons (Fsp3) is 0.500. The van der Waals surface area contributed by atoms with Crippen molar-refractivity contribution >= 4 is 11.8 Å². The van der Waals surface area contributed by atoms with E-state index in [2.05, 4.69) is 20.0 Å². The van der Waals surface area contributed by atoms with Crippen molar-refractivity contribution in [3.63, 3.8) is 0 Å². The van der Waals surface area contributed by atoms with Crippen LogP contribution in [0, 0.1) is 19.8 Å². The zero-order valence-electron chi connectivity index (χ0n) is 13.7. The molecule has 0 radical (unpaired) electrons. The highest BCUT2D eigenvalue weighted by molar-refractivity contribution is 5.73. The minimum absolute atomic E-state index is 0.104. The van der Waals surface area contributed by atoms with Gasteiger partial charge in [0, 0.05) is 18.8 Å². The van der Waals surface area contributed by atoms with Crippen LogP contribution in [0.2, 0.25) is 0 Å². The van der Waals surface area contributed by atoms with Crippen molar-refractivity contribution in [2.45, 2.75) is 26.7 Å². The Balaban J connectivity index is 1.85. The molecule has 122 valence electrons. The number of carbonyl (C=O) groups excluding carboxylic acids is 1. The lowest BCUT2D eigenvalue weighted by Crippen LogP contribution is -2.39. The first-order valence-corrected chi connectivity index (χ1v) is 7.77. The van der Waals surface area contributed by atoms with Crippen LogP contribution in [0.3, 0.4) is 0 Å². The van der Waals surface area contributed by atoms with Crippen LogP contribution in [0.5, 0.6) is 0 Å². The lowest BCUT2D eigenvalue weighted by Gasteiger charge is -2.32. The average molecular weight is 315 g/mol. The van der Waals surface area contributed by atoms with E-state index in [1.54, 1.807) is 17.1 Å². The number of anilines is 1.